The van der Waals surface area contributed by atoms with Crippen molar-refractivity contribution in [3.05, 3.63) is 25.5 Å². The smallest absolute Gasteiger partial charge is 0.395 e. The van der Waals surface area contributed by atoms with Gasteiger partial charge in [0, 0.05) is 6.54 Å². The van der Waals surface area contributed by atoms with Crippen molar-refractivity contribution in [2.45, 2.75) is 0 Å². The highest BCUT2D eigenvalue weighted by atomic mass is 35.5. The summed E-state index contributed by atoms with van der Waals surface area (Å²) in [6.07, 6.45) is 0. The first-order valence-electron chi connectivity index (χ1n) is 4.25. The molecule has 0 fully saturated rings. The van der Waals surface area contributed by atoms with Crippen LogP contribution in [-0.2, 0) is 7.05 Å². The minimum atomic E-state index is -0.786. The van der Waals surface area contributed by atoms with Crippen molar-refractivity contribution in [2.24, 2.45) is 7.05 Å². The average molecular weight is 249 g/mol. The number of aliphatic hydroxyl groups excluding tert-OH is 1. The van der Waals surface area contributed by atoms with Crippen molar-refractivity contribution in [3.63, 3.8) is 0 Å². The topological polar surface area (TPSA) is 110 Å². The summed E-state index contributed by atoms with van der Waals surface area (Å²) in [6, 6.07) is 0. The normalized spacial score (nSPS) is 10.2. The molecule has 0 aliphatic carbocycles. The molecule has 0 radical (unpaired) electrons. The molecule has 0 bridgehead atoms. The quantitative estimate of drug-likeness (QED) is 0.561. The Hall–Kier alpha value is -1.67. The van der Waals surface area contributed by atoms with Crippen molar-refractivity contribution >= 4 is 23.1 Å². The molecule has 9 heteroatoms. The highest BCUT2D eigenvalue weighted by Crippen LogP contribution is 2.25. The molecule has 1 aromatic rings. The lowest BCUT2D eigenvalue weighted by Crippen LogP contribution is -2.25. The van der Waals surface area contributed by atoms with Crippen LogP contribution in [0.1, 0.15) is 0 Å². The highest BCUT2D eigenvalue weighted by molar-refractivity contribution is 6.34. The van der Waals surface area contributed by atoms with Crippen molar-refractivity contribution in [2.75, 3.05) is 18.5 Å². The molecule has 1 heterocycles. The van der Waals surface area contributed by atoms with Gasteiger partial charge in [-0.2, -0.15) is 0 Å². The van der Waals surface area contributed by atoms with Gasteiger partial charge in [-0.1, -0.05) is 11.6 Å². The van der Waals surface area contributed by atoms with Crippen molar-refractivity contribution < 1.29 is 10.0 Å². The lowest BCUT2D eigenvalue weighted by atomic mass is 10.4. The SMILES string of the molecule is Cn1nc([N+](=O)[O-])c(Cl)c(NCCO)c1=O. The summed E-state index contributed by atoms with van der Waals surface area (Å²) in [4.78, 5) is 21.3. The number of nitrogens with one attached hydrogen (secondary N) is 1. The molecule has 1 rings (SSSR count). The Morgan fingerprint density at radius 1 is 1.69 bits per heavy atom. The van der Waals surface area contributed by atoms with E-state index < -0.39 is 16.3 Å². The molecule has 0 spiro atoms. The summed E-state index contributed by atoms with van der Waals surface area (Å²) in [5, 5.41) is 24.7. The first kappa shape index (κ1) is 12.4. The summed E-state index contributed by atoms with van der Waals surface area (Å²) >= 11 is 5.66. The molecule has 0 unspecified atom stereocenters. The van der Waals surface area contributed by atoms with Gasteiger partial charge in [0.1, 0.15) is 5.69 Å². The van der Waals surface area contributed by atoms with Crippen LogP contribution in [0, 0.1) is 10.1 Å². The first-order valence-corrected chi connectivity index (χ1v) is 4.62. The van der Waals surface area contributed by atoms with Gasteiger partial charge in [0.15, 0.2) is 5.02 Å². The van der Waals surface area contributed by atoms with Gasteiger partial charge in [-0.3, -0.25) is 4.79 Å². The van der Waals surface area contributed by atoms with Crippen LogP contribution in [0.4, 0.5) is 11.5 Å². The largest absolute Gasteiger partial charge is 0.409 e. The fraction of sp³-hybridized carbons (Fsp3) is 0.429. The number of aliphatic hydroxyl groups is 1. The fourth-order valence-corrected chi connectivity index (χ4v) is 1.30. The van der Waals surface area contributed by atoms with Crippen LogP contribution < -0.4 is 10.9 Å². The fourth-order valence-electron chi connectivity index (χ4n) is 1.05. The van der Waals surface area contributed by atoms with Crippen LogP contribution in [0.5, 0.6) is 0 Å². The zero-order chi connectivity index (χ0) is 12.3. The van der Waals surface area contributed by atoms with Crippen LogP contribution in [0.25, 0.3) is 0 Å². The Kier molecular flexibility index (Phi) is 3.80. The summed E-state index contributed by atoms with van der Waals surface area (Å²) in [7, 11) is 1.27. The second-order valence-electron chi connectivity index (χ2n) is 2.85. The maximum atomic E-state index is 11.5. The monoisotopic (exact) mass is 248 g/mol. The van der Waals surface area contributed by atoms with Crippen molar-refractivity contribution in [3.8, 4) is 0 Å². The van der Waals surface area contributed by atoms with Gasteiger partial charge in [0.2, 0.25) is 0 Å². The van der Waals surface area contributed by atoms with Gasteiger partial charge in [-0.05, 0) is 4.92 Å². The molecule has 88 valence electrons. The lowest BCUT2D eigenvalue weighted by Gasteiger charge is -2.05. The maximum Gasteiger partial charge on any atom is 0.409 e. The predicted octanol–water partition coefficient (Wildman–Crippen LogP) is -0.254. The van der Waals surface area contributed by atoms with Crippen molar-refractivity contribution in [1.29, 1.82) is 0 Å². The van der Waals surface area contributed by atoms with E-state index >= 15 is 0 Å². The Bertz CT molecular complexity index is 472. The number of nitrogens with zero attached hydrogens (tertiary/aromatic N) is 3. The van der Waals surface area contributed by atoms with Gasteiger partial charge in [-0.25, -0.2) is 0 Å². The molecule has 0 saturated heterocycles. The second-order valence-corrected chi connectivity index (χ2v) is 3.23. The molecule has 0 aliphatic heterocycles. The van der Waals surface area contributed by atoms with Crippen LogP contribution in [-0.4, -0.2) is 33.0 Å². The van der Waals surface area contributed by atoms with Gasteiger partial charge in [0.25, 0.3) is 0 Å². The Labute approximate surface area is 94.6 Å². The standard InChI is InChI=1S/C7H9ClN4O4/c1-11-7(14)5(9-2-3-13)4(8)6(10-11)12(15)16/h9,13H,2-3H2,1H3. The Morgan fingerprint density at radius 2 is 2.31 bits per heavy atom. The third-order valence-corrected chi connectivity index (χ3v) is 2.11. The lowest BCUT2D eigenvalue weighted by molar-refractivity contribution is -0.390. The molecule has 16 heavy (non-hydrogen) atoms. The number of hydrogen-bond donors (Lipinski definition) is 2. The minimum Gasteiger partial charge on any atom is -0.395 e. The van der Waals surface area contributed by atoms with Gasteiger partial charge in [0.05, 0.1) is 18.8 Å². The molecule has 0 atom stereocenters. The maximum absolute atomic E-state index is 11.5. The zero-order valence-corrected chi connectivity index (χ0v) is 9.06. The van der Waals surface area contributed by atoms with E-state index in [0.29, 0.717) is 0 Å². The molecule has 2 N–H and O–H groups in total. The van der Waals surface area contributed by atoms with E-state index in [2.05, 4.69) is 10.4 Å². The number of anilines is 1. The molecule has 0 saturated carbocycles. The van der Waals surface area contributed by atoms with Crippen LogP contribution in [0.3, 0.4) is 0 Å². The summed E-state index contributed by atoms with van der Waals surface area (Å²) in [6.45, 7) is -0.161. The van der Waals surface area contributed by atoms with E-state index in [1.807, 2.05) is 0 Å². The van der Waals surface area contributed by atoms with Gasteiger partial charge >= 0.3 is 11.4 Å². The minimum absolute atomic E-state index is 0.0656. The molecule has 0 aliphatic rings. The second kappa shape index (κ2) is 4.90. The van der Waals surface area contributed by atoms with Gasteiger partial charge < -0.3 is 20.5 Å². The van der Waals surface area contributed by atoms with Gasteiger partial charge in [-0.15, -0.1) is 4.68 Å². The number of nitro groups is 1. The molecule has 1 aromatic heterocycles. The number of rotatable bonds is 4. The molecule has 0 aromatic carbocycles. The zero-order valence-electron chi connectivity index (χ0n) is 8.31. The summed E-state index contributed by atoms with van der Waals surface area (Å²) < 4.78 is 0.809. The Balaban J connectivity index is 3.34. The van der Waals surface area contributed by atoms with Crippen LogP contribution >= 0.6 is 11.6 Å². The molecular weight excluding hydrogens is 240 g/mol. The highest BCUT2D eigenvalue weighted by Gasteiger charge is 2.23. The summed E-state index contributed by atoms with van der Waals surface area (Å²) in [5.74, 6) is -0.607. The van der Waals surface area contributed by atoms with E-state index in [4.69, 9.17) is 16.7 Å². The first-order chi connectivity index (χ1) is 7.49. The van der Waals surface area contributed by atoms with E-state index in [-0.39, 0.29) is 23.9 Å². The number of aromatic nitrogens is 2. The van der Waals surface area contributed by atoms with Crippen molar-refractivity contribution in [1.82, 2.24) is 9.78 Å². The predicted molar refractivity (Wildman–Crippen MR) is 56.7 cm³/mol. The van der Waals surface area contributed by atoms with Crippen LogP contribution in [0.15, 0.2) is 4.79 Å². The average Bonchev–Trinajstić information content (AvgIpc) is 2.23. The third kappa shape index (κ3) is 2.28. The molecule has 0 amide bonds. The van der Waals surface area contributed by atoms with E-state index in [9.17, 15) is 14.9 Å². The molecular formula is C7H9ClN4O4. The van der Waals surface area contributed by atoms with E-state index in [1.54, 1.807) is 0 Å². The van der Waals surface area contributed by atoms with E-state index in [0.717, 1.165) is 4.68 Å². The third-order valence-electron chi connectivity index (χ3n) is 1.75. The number of aryl methyl sites for hydroxylation is 1. The van der Waals surface area contributed by atoms with Crippen LogP contribution in [0.2, 0.25) is 5.02 Å². The molecule has 8 nitrogen and oxygen atoms in total. The van der Waals surface area contributed by atoms with E-state index in [1.165, 1.54) is 7.05 Å². The number of hydrogen-bond acceptors (Lipinski definition) is 6. The Morgan fingerprint density at radius 3 is 2.81 bits per heavy atom. The number of halogens is 1. The summed E-state index contributed by atoms with van der Waals surface area (Å²) in [5.41, 5.74) is -0.732.